The molecule has 3 N–H and O–H groups in total. The molecule has 1 atom stereocenters. The predicted molar refractivity (Wildman–Crippen MR) is 83.0 cm³/mol. The van der Waals surface area contributed by atoms with Crippen LogP contribution in [0.15, 0.2) is 30.7 Å². The molecule has 0 spiro atoms. The van der Waals surface area contributed by atoms with Crippen molar-refractivity contribution >= 4 is 11.6 Å². The quantitative estimate of drug-likeness (QED) is 0.847. The average molecular weight is 302 g/mol. The molecule has 2 heterocycles. The maximum atomic E-state index is 12.2. The van der Waals surface area contributed by atoms with Gasteiger partial charge in [-0.3, -0.25) is 4.79 Å². The molecule has 1 aliphatic heterocycles. The van der Waals surface area contributed by atoms with E-state index in [9.17, 15) is 9.18 Å². The first kappa shape index (κ1) is 15.9. The van der Waals surface area contributed by atoms with Crippen molar-refractivity contribution in [3.8, 4) is 0 Å². The SMILES string of the molecule is CC1CNc2ccc(C(N)=O)cc2C1.Cc1ncncc1F. The molecule has 1 aromatic heterocycles. The Bertz CT molecular complexity index is 654. The number of nitrogens with zero attached hydrogens (tertiary/aromatic N) is 2. The van der Waals surface area contributed by atoms with E-state index in [1.54, 1.807) is 13.0 Å². The summed E-state index contributed by atoms with van der Waals surface area (Å²) >= 11 is 0. The highest BCUT2D eigenvalue weighted by Crippen LogP contribution is 2.25. The maximum absolute atomic E-state index is 12.2. The third-order valence-electron chi connectivity index (χ3n) is 3.45. The van der Waals surface area contributed by atoms with Gasteiger partial charge in [-0.1, -0.05) is 6.92 Å². The summed E-state index contributed by atoms with van der Waals surface area (Å²) in [5.41, 5.74) is 8.53. The second-order valence-electron chi connectivity index (χ2n) is 5.38. The molecular weight excluding hydrogens is 283 g/mol. The summed E-state index contributed by atoms with van der Waals surface area (Å²) in [7, 11) is 0. The molecule has 0 bridgehead atoms. The summed E-state index contributed by atoms with van der Waals surface area (Å²) in [5, 5.41) is 3.33. The zero-order valence-corrected chi connectivity index (χ0v) is 12.6. The molecule has 0 saturated heterocycles. The lowest BCUT2D eigenvalue weighted by molar-refractivity contribution is 0.1000. The van der Waals surface area contributed by atoms with Crippen molar-refractivity contribution in [2.45, 2.75) is 20.3 Å². The van der Waals surface area contributed by atoms with Crippen LogP contribution in [0.5, 0.6) is 0 Å². The Morgan fingerprint density at radius 3 is 2.82 bits per heavy atom. The number of nitrogens with one attached hydrogen (secondary N) is 1. The first-order chi connectivity index (χ1) is 10.5. The highest BCUT2D eigenvalue weighted by atomic mass is 19.1. The molecule has 1 aromatic carbocycles. The van der Waals surface area contributed by atoms with Crippen molar-refractivity contribution in [3.05, 3.63) is 53.4 Å². The summed E-state index contributed by atoms with van der Waals surface area (Å²) in [4.78, 5) is 18.0. The summed E-state index contributed by atoms with van der Waals surface area (Å²) in [5.74, 6) is -0.0934. The normalized spacial score (nSPS) is 15.9. The molecule has 0 fully saturated rings. The topological polar surface area (TPSA) is 80.9 Å². The lowest BCUT2D eigenvalue weighted by atomic mass is 9.94. The van der Waals surface area contributed by atoms with Crippen LogP contribution >= 0.6 is 0 Å². The van der Waals surface area contributed by atoms with Gasteiger partial charge in [-0.2, -0.15) is 0 Å². The molecule has 0 saturated carbocycles. The predicted octanol–water partition coefficient (Wildman–Crippen LogP) is 2.31. The van der Waals surface area contributed by atoms with Crippen molar-refractivity contribution in [3.63, 3.8) is 0 Å². The van der Waals surface area contributed by atoms with E-state index in [0.717, 1.165) is 24.8 Å². The minimum atomic E-state index is -0.356. The Labute approximate surface area is 128 Å². The van der Waals surface area contributed by atoms with Crippen LogP contribution in [0.2, 0.25) is 0 Å². The highest BCUT2D eigenvalue weighted by molar-refractivity contribution is 5.93. The zero-order chi connectivity index (χ0) is 16.1. The Kier molecular flexibility index (Phi) is 5.04. The monoisotopic (exact) mass is 302 g/mol. The second-order valence-corrected chi connectivity index (χ2v) is 5.38. The van der Waals surface area contributed by atoms with E-state index in [4.69, 9.17) is 5.73 Å². The average Bonchev–Trinajstić information content (AvgIpc) is 2.50. The third kappa shape index (κ3) is 4.00. The third-order valence-corrected chi connectivity index (χ3v) is 3.45. The van der Waals surface area contributed by atoms with Crippen LogP contribution in [-0.4, -0.2) is 22.4 Å². The van der Waals surface area contributed by atoms with Crippen molar-refractivity contribution in [2.24, 2.45) is 11.7 Å². The van der Waals surface area contributed by atoms with E-state index in [1.807, 2.05) is 12.1 Å². The number of nitrogens with two attached hydrogens (primary N) is 1. The molecule has 6 heteroatoms. The van der Waals surface area contributed by atoms with Crippen LogP contribution < -0.4 is 11.1 Å². The number of carbonyl (C=O) groups is 1. The van der Waals surface area contributed by atoms with Gasteiger partial charge in [0.05, 0.1) is 11.9 Å². The molecule has 1 amide bonds. The van der Waals surface area contributed by atoms with Gasteiger partial charge in [-0.15, -0.1) is 0 Å². The molecule has 22 heavy (non-hydrogen) atoms. The maximum Gasteiger partial charge on any atom is 0.248 e. The van der Waals surface area contributed by atoms with Crippen LogP contribution in [0.25, 0.3) is 0 Å². The molecule has 0 radical (unpaired) electrons. The van der Waals surface area contributed by atoms with Crippen molar-refractivity contribution < 1.29 is 9.18 Å². The first-order valence-corrected chi connectivity index (χ1v) is 7.06. The number of fused-ring (bicyclic) bond motifs is 1. The van der Waals surface area contributed by atoms with Crippen LogP contribution in [0.3, 0.4) is 0 Å². The van der Waals surface area contributed by atoms with Crippen LogP contribution in [0, 0.1) is 18.7 Å². The number of aryl methyl sites for hydroxylation is 1. The number of anilines is 1. The fourth-order valence-corrected chi connectivity index (χ4v) is 2.19. The number of hydrogen-bond donors (Lipinski definition) is 2. The first-order valence-electron chi connectivity index (χ1n) is 7.06. The largest absolute Gasteiger partial charge is 0.385 e. The van der Waals surface area contributed by atoms with Crippen LogP contribution in [-0.2, 0) is 6.42 Å². The Morgan fingerprint density at radius 1 is 1.45 bits per heavy atom. The highest BCUT2D eigenvalue weighted by Gasteiger charge is 2.15. The number of halogens is 1. The Hall–Kier alpha value is -2.50. The molecule has 116 valence electrons. The van der Waals surface area contributed by atoms with Crippen molar-refractivity contribution in [2.75, 3.05) is 11.9 Å². The number of hydrogen-bond acceptors (Lipinski definition) is 4. The van der Waals surface area contributed by atoms with Gasteiger partial charge in [-0.05, 0) is 43.0 Å². The van der Waals surface area contributed by atoms with E-state index < -0.39 is 0 Å². The fourth-order valence-electron chi connectivity index (χ4n) is 2.19. The van der Waals surface area contributed by atoms with Crippen LogP contribution in [0.1, 0.15) is 28.5 Å². The number of primary amides is 1. The summed E-state index contributed by atoms with van der Waals surface area (Å²) in [6.07, 6.45) is 3.48. The Balaban J connectivity index is 0.000000188. The van der Waals surface area contributed by atoms with Gasteiger partial charge in [0.25, 0.3) is 0 Å². The van der Waals surface area contributed by atoms with E-state index in [-0.39, 0.29) is 11.7 Å². The smallest absolute Gasteiger partial charge is 0.248 e. The summed E-state index contributed by atoms with van der Waals surface area (Å²) < 4.78 is 12.2. The number of aromatic nitrogens is 2. The number of benzene rings is 1. The lowest BCUT2D eigenvalue weighted by Crippen LogP contribution is -2.21. The molecular formula is C16H19FN4O. The number of amides is 1. The van der Waals surface area contributed by atoms with E-state index in [0.29, 0.717) is 17.2 Å². The van der Waals surface area contributed by atoms with E-state index in [1.165, 1.54) is 11.9 Å². The number of rotatable bonds is 1. The van der Waals surface area contributed by atoms with Gasteiger partial charge in [0.1, 0.15) is 6.33 Å². The summed E-state index contributed by atoms with van der Waals surface area (Å²) in [6.45, 7) is 4.78. The minimum Gasteiger partial charge on any atom is -0.385 e. The molecule has 0 aliphatic carbocycles. The van der Waals surface area contributed by atoms with Gasteiger partial charge in [0.2, 0.25) is 5.91 Å². The van der Waals surface area contributed by atoms with Crippen LogP contribution in [0.4, 0.5) is 10.1 Å². The fraction of sp³-hybridized carbons (Fsp3) is 0.312. The lowest BCUT2D eigenvalue weighted by Gasteiger charge is -2.23. The second kappa shape index (κ2) is 6.98. The Morgan fingerprint density at radius 2 is 2.23 bits per heavy atom. The molecule has 5 nitrogen and oxygen atoms in total. The van der Waals surface area contributed by atoms with E-state index in [2.05, 4.69) is 22.2 Å². The van der Waals surface area contributed by atoms with Crippen molar-refractivity contribution in [1.29, 1.82) is 0 Å². The van der Waals surface area contributed by atoms with Gasteiger partial charge in [-0.25, -0.2) is 14.4 Å². The molecule has 1 aliphatic rings. The van der Waals surface area contributed by atoms with Gasteiger partial charge in [0, 0.05) is 17.8 Å². The van der Waals surface area contributed by atoms with Crippen molar-refractivity contribution in [1.82, 2.24) is 9.97 Å². The standard InChI is InChI=1S/C11H14N2O.C5H5FN2/c1-7-4-9-5-8(11(12)14)2-3-10(9)13-6-7;1-4-5(6)2-7-3-8-4/h2-3,5,7,13H,4,6H2,1H3,(H2,12,14);2-3H,1H3. The zero-order valence-electron chi connectivity index (χ0n) is 12.6. The molecule has 1 unspecified atom stereocenters. The van der Waals surface area contributed by atoms with Gasteiger partial charge >= 0.3 is 0 Å². The molecule has 2 aromatic rings. The molecule has 3 rings (SSSR count). The van der Waals surface area contributed by atoms with E-state index >= 15 is 0 Å². The summed E-state index contributed by atoms with van der Waals surface area (Å²) in [6, 6.07) is 5.59. The minimum absolute atomic E-state index is 0.354. The number of carbonyl (C=O) groups excluding carboxylic acids is 1. The van der Waals surface area contributed by atoms with Gasteiger partial charge in [0.15, 0.2) is 5.82 Å². The van der Waals surface area contributed by atoms with Gasteiger partial charge < -0.3 is 11.1 Å².